The fourth-order valence-electron chi connectivity index (χ4n) is 2.55. The van der Waals surface area contributed by atoms with Crippen molar-refractivity contribution in [1.29, 1.82) is 0 Å². The van der Waals surface area contributed by atoms with Gasteiger partial charge in [-0.3, -0.25) is 4.79 Å². The predicted molar refractivity (Wildman–Crippen MR) is 81.1 cm³/mol. The van der Waals surface area contributed by atoms with Gasteiger partial charge in [-0.15, -0.1) is 0 Å². The second kappa shape index (κ2) is 7.32. The van der Waals surface area contributed by atoms with Gasteiger partial charge in [0.2, 0.25) is 0 Å². The van der Waals surface area contributed by atoms with Gasteiger partial charge in [0.05, 0.1) is 12.2 Å². The van der Waals surface area contributed by atoms with Crippen molar-refractivity contribution in [2.75, 3.05) is 6.61 Å². The number of ether oxygens (including phenoxy) is 1. The van der Waals surface area contributed by atoms with E-state index in [1.165, 1.54) is 19.3 Å². The largest absolute Gasteiger partial charge is 0.492 e. The van der Waals surface area contributed by atoms with E-state index in [1.807, 2.05) is 24.3 Å². The highest BCUT2D eigenvalue weighted by molar-refractivity contribution is 5.97. The van der Waals surface area contributed by atoms with Gasteiger partial charge in [-0.05, 0) is 30.9 Å². The molecule has 20 heavy (non-hydrogen) atoms. The standard InChI is InChI=1S/C17H25NO2/c1-13(2)12-20-16-11-7-6-10-15(16)17(19)18-14-8-4-3-5-9-14/h6-7,10-11,13-14H,3-5,8-9,12H2,1-2H3,(H,18,19). The van der Waals surface area contributed by atoms with Gasteiger partial charge < -0.3 is 10.1 Å². The maximum atomic E-state index is 12.4. The Morgan fingerprint density at radius 3 is 2.65 bits per heavy atom. The number of rotatable bonds is 5. The Hall–Kier alpha value is -1.51. The maximum Gasteiger partial charge on any atom is 0.255 e. The molecular formula is C17H25NO2. The number of hydrogen-bond acceptors (Lipinski definition) is 2. The summed E-state index contributed by atoms with van der Waals surface area (Å²) in [6, 6.07) is 7.84. The van der Waals surface area contributed by atoms with Gasteiger partial charge in [0.1, 0.15) is 5.75 Å². The van der Waals surface area contributed by atoms with Crippen LogP contribution in [0.15, 0.2) is 24.3 Å². The number of amides is 1. The Bertz CT molecular complexity index is 436. The normalized spacial score (nSPS) is 16.1. The number of benzene rings is 1. The summed E-state index contributed by atoms with van der Waals surface area (Å²) in [4.78, 5) is 12.4. The third kappa shape index (κ3) is 4.26. The van der Waals surface area contributed by atoms with Crippen LogP contribution in [0.2, 0.25) is 0 Å². The highest BCUT2D eigenvalue weighted by Gasteiger charge is 2.18. The van der Waals surface area contributed by atoms with Crippen LogP contribution in [0, 0.1) is 5.92 Å². The summed E-state index contributed by atoms with van der Waals surface area (Å²) in [7, 11) is 0. The Morgan fingerprint density at radius 1 is 1.25 bits per heavy atom. The van der Waals surface area contributed by atoms with Gasteiger partial charge in [-0.1, -0.05) is 45.2 Å². The summed E-state index contributed by atoms with van der Waals surface area (Å²) in [6.45, 7) is 4.84. The van der Waals surface area contributed by atoms with Crippen molar-refractivity contribution in [2.24, 2.45) is 5.92 Å². The van der Waals surface area contributed by atoms with Crippen molar-refractivity contribution >= 4 is 5.91 Å². The first-order valence-electron chi connectivity index (χ1n) is 7.69. The molecule has 1 saturated carbocycles. The quantitative estimate of drug-likeness (QED) is 0.888. The van der Waals surface area contributed by atoms with Crippen molar-refractivity contribution in [3.05, 3.63) is 29.8 Å². The van der Waals surface area contributed by atoms with Crippen LogP contribution in [-0.4, -0.2) is 18.6 Å². The summed E-state index contributed by atoms with van der Waals surface area (Å²) in [5.41, 5.74) is 0.652. The van der Waals surface area contributed by atoms with Crippen LogP contribution in [-0.2, 0) is 0 Å². The van der Waals surface area contributed by atoms with Crippen LogP contribution in [0.3, 0.4) is 0 Å². The van der Waals surface area contributed by atoms with E-state index < -0.39 is 0 Å². The molecule has 1 aliphatic rings. The molecule has 1 aromatic rings. The maximum absolute atomic E-state index is 12.4. The van der Waals surface area contributed by atoms with Crippen molar-refractivity contribution in [1.82, 2.24) is 5.32 Å². The summed E-state index contributed by atoms with van der Waals surface area (Å²) < 4.78 is 5.75. The summed E-state index contributed by atoms with van der Waals surface area (Å²) in [6.07, 6.45) is 5.93. The minimum absolute atomic E-state index is 0.00347. The molecule has 3 heteroatoms. The van der Waals surface area contributed by atoms with E-state index in [0.717, 1.165) is 12.8 Å². The molecule has 0 heterocycles. The lowest BCUT2D eigenvalue weighted by atomic mass is 9.95. The van der Waals surface area contributed by atoms with Crippen molar-refractivity contribution in [3.63, 3.8) is 0 Å². The van der Waals surface area contributed by atoms with Crippen LogP contribution < -0.4 is 10.1 Å². The molecule has 0 unspecified atom stereocenters. The molecule has 0 radical (unpaired) electrons. The topological polar surface area (TPSA) is 38.3 Å². The molecule has 1 N–H and O–H groups in total. The average molecular weight is 275 g/mol. The Morgan fingerprint density at radius 2 is 1.95 bits per heavy atom. The van der Waals surface area contributed by atoms with Crippen molar-refractivity contribution in [2.45, 2.75) is 52.0 Å². The van der Waals surface area contributed by atoms with Crippen LogP contribution in [0.1, 0.15) is 56.3 Å². The lowest BCUT2D eigenvalue weighted by molar-refractivity contribution is 0.0923. The molecule has 0 saturated heterocycles. The smallest absolute Gasteiger partial charge is 0.255 e. The van der Waals surface area contributed by atoms with E-state index in [1.54, 1.807) is 0 Å². The van der Waals surface area contributed by atoms with Gasteiger partial charge >= 0.3 is 0 Å². The fourth-order valence-corrected chi connectivity index (χ4v) is 2.55. The molecule has 0 atom stereocenters. The summed E-state index contributed by atoms with van der Waals surface area (Å²) in [5, 5.41) is 3.14. The molecule has 0 bridgehead atoms. The zero-order valence-electron chi connectivity index (χ0n) is 12.5. The number of carbonyl (C=O) groups excluding carboxylic acids is 1. The molecule has 1 fully saturated rings. The molecule has 0 spiro atoms. The minimum Gasteiger partial charge on any atom is -0.492 e. The van der Waals surface area contributed by atoms with E-state index in [4.69, 9.17) is 4.74 Å². The van der Waals surface area contributed by atoms with Gasteiger partial charge in [0, 0.05) is 6.04 Å². The second-order valence-electron chi connectivity index (χ2n) is 6.01. The highest BCUT2D eigenvalue weighted by atomic mass is 16.5. The van der Waals surface area contributed by atoms with Crippen LogP contribution in [0.4, 0.5) is 0 Å². The van der Waals surface area contributed by atoms with Gasteiger partial charge in [-0.2, -0.15) is 0 Å². The van der Waals surface area contributed by atoms with Crippen LogP contribution in [0.25, 0.3) is 0 Å². The highest BCUT2D eigenvalue weighted by Crippen LogP contribution is 2.21. The van der Waals surface area contributed by atoms with E-state index in [2.05, 4.69) is 19.2 Å². The second-order valence-corrected chi connectivity index (χ2v) is 6.01. The first-order chi connectivity index (χ1) is 9.66. The third-order valence-corrected chi connectivity index (χ3v) is 3.64. The number of para-hydroxylation sites is 1. The Labute approximate surface area is 121 Å². The van der Waals surface area contributed by atoms with Gasteiger partial charge in [-0.25, -0.2) is 0 Å². The third-order valence-electron chi connectivity index (χ3n) is 3.64. The fraction of sp³-hybridized carbons (Fsp3) is 0.588. The molecule has 1 amide bonds. The lowest BCUT2D eigenvalue weighted by Crippen LogP contribution is -2.36. The van der Waals surface area contributed by atoms with E-state index in [-0.39, 0.29) is 5.91 Å². The summed E-state index contributed by atoms with van der Waals surface area (Å²) in [5.74, 6) is 1.13. The van der Waals surface area contributed by atoms with E-state index in [0.29, 0.717) is 29.9 Å². The molecule has 2 rings (SSSR count). The molecular weight excluding hydrogens is 250 g/mol. The van der Waals surface area contributed by atoms with Crippen molar-refractivity contribution < 1.29 is 9.53 Å². The molecule has 0 aromatic heterocycles. The number of carbonyl (C=O) groups is 1. The molecule has 110 valence electrons. The molecule has 1 aliphatic carbocycles. The minimum atomic E-state index is -0.00347. The lowest BCUT2D eigenvalue weighted by Gasteiger charge is -2.23. The molecule has 1 aromatic carbocycles. The average Bonchev–Trinajstić information content (AvgIpc) is 2.46. The first kappa shape index (κ1) is 14.9. The Balaban J connectivity index is 2.00. The van der Waals surface area contributed by atoms with E-state index >= 15 is 0 Å². The van der Waals surface area contributed by atoms with Crippen LogP contribution in [0.5, 0.6) is 5.75 Å². The predicted octanol–water partition coefficient (Wildman–Crippen LogP) is 3.78. The number of nitrogens with one attached hydrogen (secondary N) is 1. The SMILES string of the molecule is CC(C)COc1ccccc1C(=O)NC1CCCCC1. The Kier molecular flexibility index (Phi) is 5.45. The number of hydrogen-bond donors (Lipinski definition) is 1. The monoisotopic (exact) mass is 275 g/mol. The van der Waals surface area contributed by atoms with Gasteiger partial charge in [0.15, 0.2) is 0 Å². The zero-order chi connectivity index (χ0) is 14.4. The molecule has 0 aliphatic heterocycles. The van der Waals surface area contributed by atoms with Crippen LogP contribution >= 0.6 is 0 Å². The van der Waals surface area contributed by atoms with Gasteiger partial charge in [0.25, 0.3) is 5.91 Å². The first-order valence-corrected chi connectivity index (χ1v) is 7.69. The summed E-state index contributed by atoms with van der Waals surface area (Å²) >= 11 is 0. The van der Waals surface area contributed by atoms with Crippen molar-refractivity contribution in [3.8, 4) is 5.75 Å². The van der Waals surface area contributed by atoms with E-state index in [9.17, 15) is 4.79 Å². The molecule has 3 nitrogen and oxygen atoms in total. The zero-order valence-corrected chi connectivity index (χ0v) is 12.5.